The molecule has 0 aromatic carbocycles. The molecule has 0 aromatic rings. The van der Waals surface area contributed by atoms with Gasteiger partial charge in [0.25, 0.3) is 0 Å². The van der Waals surface area contributed by atoms with Crippen molar-refractivity contribution in [1.29, 1.82) is 0 Å². The number of ether oxygens (including phenoxy) is 2. The van der Waals surface area contributed by atoms with E-state index in [1.807, 2.05) is 6.92 Å². The van der Waals surface area contributed by atoms with Crippen LogP contribution in [0.3, 0.4) is 0 Å². The number of esters is 1. The zero-order valence-electron chi connectivity index (χ0n) is 12.1. The zero-order valence-corrected chi connectivity index (χ0v) is 12.1. The summed E-state index contributed by atoms with van der Waals surface area (Å²) in [5, 5.41) is 0. The fraction of sp³-hybridized carbons (Fsp3) is 0.600. The second kappa shape index (κ2) is 7.24. The van der Waals surface area contributed by atoms with E-state index in [-0.39, 0.29) is 11.9 Å². The highest BCUT2D eigenvalue weighted by Gasteiger charge is 2.28. The third kappa shape index (κ3) is 4.31. The third-order valence-corrected chi connectivity index (χ3v) is 3.40. The molecule has 4 nitrogen and oxygen atoms in total. The van der Waals surface area contributed by atoms with Crippen LogP contribution in [0.5, 0.6) is 0 Å². The normalized spacial score (nSPS) is 23.8. The van der Waals surface area contributed by atoms with Gasteiger partial charge in [0.05, 0.1) is 13.2 Å². The van der Waals surface area contributed by atoms with Gasteiger partial charge in [-0.3, -0.25) is 4.79 Å². The highest BCUT2D eigenvalue weighted by molar-refractivity contribution is 5.95. The largest absolute Gasteiger partial charge is 0.466 e. The highest BCUT2D eigenvalue weighted by Crippen LogP contribution is 2.32. The Morgan fingerprint density at radius 2 is 2.05 bits per heavy atom. The molecule has 0 bridgehead atoms. The minimum atomic E-state index is -0.415. The van der Waals surface area contributed by atoms with Gasteiger partial charge < -0.3 is 9.47 Å². The van der Waals surface area contributed by atoms with Gasteiger partial charge in [-0.1, -0.05) is 13.0 Å². The van der Waals surface area contributed by atoms with E-state index in [2.05, 4.69) is 11.7 Å². The Hall–Kier alpha value is -1.42. The van der Waals surface area contributed by atoms with Gasteiger partial charge in [-0.05, 0) is 43.8 Å². The first-order valence-electron chi connectivity index (χ1n) is 6.60. The number of carbonyl (C=O) groups excluding carboxylic acids is 2. The maximum Gasteiger partial charge on any atom is 0.330 e. The van der Waals surface area contributed by atoms with Crippen LogP contribution in [0.2, 0.25) is 0 Å². The van der Waals surface area contributed by atoms with E-state index in [1.165, 1.54) is 13.2 Å². The van der Waals surface area contributed by atoms with E-state index in [1.54, 1.807) is 13.0 Å². The van der Waals surface area contributed by atoms with Crippen LogP contribution in [-0.4, -0.2) is 31.6 Å². The number of rotatable bonds is 5. The molecule has 0 saturated heterocycles. The Balaban J connectivity index is 2.97. The molecule has 0 radical (unpaired) electrons. The van der Waals surface area contributed by atoms with E-state index < -0.39 is 5.97 Å². The quantitative estimate of drug-likeness (QED) is 0.566. The standard InChI is InChI=1S/C15H22O4/c1-5-19-14-9-12(6-7-15(17)18-4)13(11(3)16)8-10(14)2/h6-7,10,14H,5,8-9H2,1-4H3. The predicted molar refractivity (Wildman–Crippen MR) is 72.7 cm³/mol. The van der Waals surface area contributed by atoms with Crippen molar-refractivity contribution in [3.05, 3.63) is 23.3 Å². The van der Waals surface area contributed by atoms with Crippen molar-refractivity contribution in [2.24, 2.45) is 5.92 Å². The average molecular weight is 266 g/mol. The molecule has 2 unspecified atom stereocenters. The van der Waals surface area contributed by atoms with Crippen LogP contribution in [0.1, 0.15) is 33.6 Å². The molecular formula is C15H22O4. The van der Waals surface area contributed by atoms with Crippen LogP contribution in [0, 0.1) is 5.92 Å². The Morgan fingerprint density at radius 1 is 1.37 bits per heavy atom. The van der Waals surface area contributed by atoms with Gasteiger partial charge in [0.15, 0.2) is 5.78 Å². The molecule has 106 valence electrons. The monoisotopic (exact) mass is 266 g/mol. The fourth-order valence-corrected chi connectivity index (χ4v) is 2.34. The third-order valence-electron chi connectivity index (χ3n) is 3.40. The van der Waals surface area contributed by atoms with Crippen LogP contribution < -0.4 is 0 Å². The molecule has 0 spiro atoms. The lowest BCUT2D eigenvalue weighted by Crippen LogP contribution is -2.28. The predicted octanol–water partition coefficient (Wildman–Crippen LogP) is 2.44. The van der Waals surface area contributed by atoms with Crippen LogP contribution in [0.4, 0.5) is 0 Å². The van der Waals surface area contributed by atoms with Gasteiger partial charge in [0, 0.05) is 12.7 Å². The van der Waals surface area contributed by atoms with Crippen LogP contribution in [-0.2, 0) is 19.1 Å². The van der Waals surface area contributed by atoms with Crippen LogP contribution in [0.15, 0.2) is 23.3 Å². The molecular weight excluding hydrogens is 244 g/mol. The van der Waals surface area contributed by atoms with E-state index >= 15 is 0 Å². The summed E-state index contributed by atoms with van der Waals surface area (Å²) in [6, 6.07) is 0. The summed E-state index contributed by atoms with van der Waals surface area (Å²) >= 11 is 0. The summed E-state index contributed by atoms with van der Waals surface area (Å²) in [5.41, 5.74) is 1.68. The lowest BCUT2D eigenvalue weighted by Gasteiger charge is -2.30. The molecule has 0 fully saturated rings. The number of allylic oxidation sites excluding steroid dienone is 2. The molecule has 0 amide bonds. The first kappa shape index (κ1) is 15.6. The Bertz CT molecular complexity index is 406. The Kier molecular flexibility index (Phi) is 5.96. The lowest BCUT2D eigenvalue weighted by atomic mass is 9.81. The molecule has 0 heterocycles. The summed E-state index contributed by atoms with van der Waals surface area (Å²) < 4.78 is 10.3. The van der Waals surface area contributed by atoms with Crippen molar-refractivity contribution >= 4 is 11.8 Å². The number of Topliss-reactive ketones (excluding diaryl/α,β-unsaturated/α-hetero) is 1. The van der Waals surface area contributed by atoms with Gasteiger partial charge in [0.1, 0.15) is 0 Å². The first-order chi connectivity index (χ1) is 8.99. The van der Waals surface area contributed by atoms with Crippen molar-refractivity contribution in [1.82, 2.24) is 0 Å². The summed E-state index contributed by atoms with van der Waals surface area (Å²) in [7, 11) is 1.33. The van der Waals surface area contributed by atoms with E-state index in [0.29, 0.717) is 25.4 Å². The zero-order chi connectivity index (χ0) is 14.4. The summed E-state index contributed by atoms with van der Waals surface area (Å²) in [5.74, 6) is -0.0394. The molecule has 1 aliphatic carbocycles. The van der Waals surface area contributed by atoms with Crippen molar-refractivity contribution in [2.45, 2.75) is 39.7 Å². The molecule has 2 atom stereocenters. The van der Waals surface area contributed by atoms with Crippen molar-refractivity contribution < 1.29 is 19.1 Å². The molecule has 0 N–H and O–H groups in total. The van der Waals surface area contributed by atoms with Gasteiger partial charge in [-0.15, -0.1) is 0 Å². The van der Waals surface area contributed by atoms with Gasteiger partial charge in [0.2, 0.25) is 0 Å². The second-order valence-electron chi connectivity index (χ2n) is 4.80. The van der Waals surface area contributed by atoms with Crippen molar-refractivity contribution in [3.63, 3.8) is 0 Å². The number of ketones is 1. The van der Waals surface area contributed by atoms with Crippen molar-refractivity contribution in [2.75, 3.05) is 13.7 Å². The molecule has 0 saturated carbocycles. The number of hydrogen-bond acceptors (Lipinski definition) is 4. The van der Waals surface area contributed by atoms with Crippen molar-refractivity contribution in [3.8, 4) is 0 Å². The lowest BCUT2D eigenvalue weighted by molar-refractivity contribution is -0.134. The summed E-state index contributed by atoms with van der Waals surface area (Å²) in [4.78, 5) is 22.8. The van der Waals surface area contributed by atoms with Gasteiger partial charge >= 0.3 is 5.97 Å². The number of hydrogen-bond donors (Lipinski definition) is 0. The smallest absolute Gasteiger partial charge is 0.330 e. The van der Waals surface area contributed by atoms with E-state index in [9.17, 15) is 9.59 Å². The first-order valence-corrected chi connectivity index (χ1v) is 6.60. The number of methoxy groups -OCH3 is 1. The minimum absolute atomic E-state index is 0.0614. The maximum atomic E-state index is 11.7. The highest BCUT2D eigenvalue weighted by atomic mass is 16.5. The van der Waals surface area contributed by atoms with Crippen LogP contribution >= 0.6 is 0 Å². The molecule has 1 aliphatic rings. The van der Waals surface area contributed by atoms with Gasteiger partial charge in [-0.25, -0.2) is 4.79 Å². The molecule has 0 aromatic heterocycles. The summed E-state index contributed by atoms with van der Waals surface area (Å²) in [6.07, 6.45) is 4.50. The van der Waals surface area contributed by atoms with E-state index in [0.717, 1.165) is 11.1 Å². The maximum absolute atomic E-state index is 11.7. The van der Waals surface area contributed by atoms with E-state index in [4.69, 9.17) is 4.74 Å². The summed E-state index contributed by atoms with van der Waals surface area (Å²) in [6.45, 7) is 6.26. The molecule has 0 aliphatic heterocycles. The average Bonchev–Trinajstić information content (AvgIpc) is 2.38. The molecule has 4 heteroatoms. The Labute approximate surface area is 114 Å². The fourth-order valence-electron chi connectivity index (χ4n) is 2.34. The topological polar surface area (TPSA) is 52.6 Å². The number of carbonyl (C=O) groups is 2. The minimum Gasteiger partial charge on any atom is -0.466 e. The molecule has 1 rings (SSSR count). The Morgan fingerprint density at radius 3 is 2.58 bits per heavy atom. The SMILES string of the molecule is CCOC1CC(C=CC(=O)OC)=C(C(C)=O)CC1C. The second-order valence-corrected chi connectivity index (χ2v) is 4.80. The van der Waals surface area contributed by atoms with Gasteiger partial charge in [-0.2, -0.15) is 0 Å². The van der Waals surface area contributed by atoms with Crippen LogP contribution in [0.25, 0.3) is 0 Å². The molecule has 19 heavy (non-hydrogen) atoms.